The number of ether oxygens (including phenoxy) is 1. The lowest BCUT2D eigenvalue weighted by molar-refractivity contribution is -0.140. The molecule has 214 valence electrons. The van der Waals surface area contributed by atoms with E-state index in [9.17, 15) is 18.0 Å². The van der Waals surface area contributed by atoms with Crippen LogP contribution in [0.1, 0.15) is 37.0 Å². The molecule has 40 heavy (non-hydrogen) atoms. The monoisotopic (exact) mass is 565 g/mol. The van der Waals surface area contributed by atoms with Crippen LogP contribution in [-0.2, 0) is 32.6 Å². The van der Waals surface area contributed by atoms with Gasteiger partial charge in [-0.05, 0) is 43.5 Å². The number of anilines is 1. The molecule has 1 N–H and O–H groups in total. The summed E-state index contributed by atoms with van der Waals surface area (Å²) < 4.78 is 32.1. The zero-order valence-electron chi connectivity index (χ0n) is 23.8. The van der Waals surface area contributed by atoms with E-state index in [0.29, 0.717) is 11.4 Å². The van der Waals surface area contributed by atoms with Crippen LogP contribution in [0.2, 0.25) is 0 Å². The van der Waals surface area contributed by atoms with Crippen molar-refractivity contribution in [1.82, 2.24) is 10.2 Å². The molecule has 0 saturated heterocycles. The number of nitrogens with zero attached hydrogens (tertiary/aromatic N) is 2. The third kappa shape index (κ3) is 8.58. The Morgan fingerprint density at radius 2 is 1.62 bits per heavy atom. The number of carbonyl (C=O) groups is 2. The van der Waals surface area contributed by atoms with Gasteiger partial charge in [-0.1, -0.05) is 73.2 Å². The van der Waals surface area contributed by atoms with Gasteiger partial charge < -0.3 is 15.0 Å². The predicted octanol–water partition coefficient (Wildman–Crippen LogP) is 4.32. The fraction of sp³-hybridized carbons (Fsp3) is 0.355. The average Bonchev–Trinajstić information content (AvgIpc) is 2.94. The Balaban J connectivity index is 2.06. The molecule has 0 aliphatic heterocycles. The molecule has 0 fully saturated rings. The molecule has 0 radical (unpaired) electrons. The van der Waals surface area contributed by atoms with Gasteiger partial charge >= 0.3 is 0 Å². The summed E-state index contributed by atoms with van der Waals surface area (Å²) in [6, 6.07) is 22.8. The number of methoxy groups -OCH3 is 1. The highest BCUT2D eigenvalue weighted by molar-refractivity contribution is 7.92. The Bertz CT molecular complexity index is 1380. The molecule has 2 atom stereocenters. The highest BCUT2D eigenvalue weighted by Gasteiger charge is 2.33. The minimum absolute atomic E-state index is 0.0913. The fourth-order valence-electron chi connectivity index (χ4n) is 4.26. The van der Waals surface area contributed by atoms with E-state index >= 15 is 0 Å². The molecule has 0 saturated carbocycles. The molecule has 3 rings (SSSR count). The highest BCUT2D eigenvalue weighted by Crippen LogP contribution is 2.24. The minimum Gasteiger partial charge on any atom is -0.497 e. The Morgan fingerprint density at radius 3 is 2.23 bits per heavy atom. The molecule has 0 aliphatic carbocycles. The SMILES string of the molecule is CC[C@H](C)NC(=O)[C@@H](Cc1ccccc1)N(Cc1ccc(C)cc1)C(=O)CN(c1cccc(OC)c1)S(C)(=O)=O. The zero-order valence-corrected chi connectivity index (χ0v) is 24.6. The highest BCUT2D eigenvalue weighted by atomic mass is 32.2. The number of carbonyl (C=O) groups excluding carboxylic acids is 2. The van der Waals surface area contributed by atoms with Crippen molar-refractivity contribution in [3.63, 3.8) is 0 Å². The molecule has 2 amide bonds. The molecule has 0 bridgehead atoms. The number of aryl methyl sites for hydroxylation is 1. The second kappa shape index (κ2) is 14.0. The van der Waals surface area contributed by atoms with Crippen molar-refractivity contribution in [3.05, 3.63) is 95.6 Å². The van der Waals surface area contributed by atoms with E-state index in [0.717, 1.165) is 33.7 Å². The molecule has 3 aromatic carbocycles. The molecule has 9 heteroatoms. The Hall–Kier alpha value is -3.85. The first-order valence-electron chi connectivity index (χ1n) is 13.3. The number of hydrogen-bond acceptors (Lipinski definition) is 5. The van der Waals surface area contributed by atoms with Crippen LogP contribution in [0, 0.1) is 6.92 Å². The van der Waals surface area contributed by atoms with E-state index < -0.39 is 28.5 Å². The van der Waals surface area contributed by atoms with Gasteiger partial charge in [0.2, 0.25) is 21.8 Å². The molecule has 3 aromatic rings. The maximum atomic E-state index is 14.1. The van der Waals surface area contributed by atoms with Gasteiger partial charge in [-0.3, -0.25) is 13.9 Å². The van der Waals surface area contributed by atoms with Gasteiger partial charge in [-0.15, -0.1) is 0 Å². The van der Waals surface area contributed by atoms with Gasteiger partial charge in [-0.2, -0.15) is 0 Å². The van der Waals surface area contributed by atoms with Crippen LogP contribution >= 0.6 is 0 Å². The molecular formula is C31H39N3O5S. The van der Waals surface area contributed by atoms with E-state index in [-0.39, 0.29) is 24.9 Å². The van der Waals surface area contributed by atoms with E-state index in [1.54, 1.807) is 24.3 Å². The van der Waals surface area contributed by atoms with Crippen molar-refractivity contribution in [2.24, 2.45) is 0 Å². The van der Waals surface area contributed by atoms with Crippen molar-refractivity contribution < 1.29 is 22.7 Å². The van der Waals surface area contributed by atoms with E-state index in [1.165, 1.54) is 12.0 Å². The molecule has 0 aliphatic rings. The average molecular weight is 566 g/mol. The quantitative estimate of drug-likeness (QED) is 0.333. The van der Waals surface area contributed by atoms with Crippen molar-refractivity contribution in [2.45, 2.75) is 52.2 Å². The summed E-state index contributed by atoms with van der Waals surface area (Å²) >= 11 is 0. The molecule has 8 nitrogen and oxygen atoms in total. The van der Waals surface area contributed by atoms with Gasteiger partial charge in [0.15, 0.2) is 0 Å². The van der Waals surface area contributed by atoms with Crippen LogP contribution in [0.15, 0.2) is 78.9 Å². The van der Waals surface area contributed by atoms with Gasteiger partial charge in [0.25, 0.3) is 0 Å². The first kappa shape index (κ1) is 30.7. The zero-order chi connectivity index (χ0) is 29.3. The van der Waals surface area contributed by atoms with Crippen LogP contribution in [0.4, 0.5) is 5.69 Å². The molecule has 0 unspecified atom stereocenters. The topological polar surface area (TPSA) is 96.0 Å². The van der Waals surface area contributed by atoms with Crippen molar-refractivity contribution in [1.29, 1.82) is 0 Å². The summed E-state index contributed by atoms with van der Waals surface area (Å²) in [7, 11) is -2.36. The van der Waals surface area contributed by atoms with Gasteiger partial charge in [0.1, 0.15) is 18.3 Å². The van der Waals surface area contributed by atoms with E-state index in [2.05, 4.69) is 5.32 Å². The van der Waals surface area contributed by atoms with E-state index in [1.807, 2.05) is 75.4 Å². The van der Waals surface area contributed by atoms with Gasteiger partial charge in [-0.25, -0.2) is 8.42 Å². The van der Waals surface area contributed by atoms with Crippen molar-refractivity contribution in [2.75, 3.05) is 24.2 Å². The molecular weight excluding hydrogens is 526 g/mol. The maximum Gasteiger partial charge on any atom is 0.244 e. The number of amides is 2. The van der Waals surface area contributed by atoms with Crippen LogP contribution < -0.4 is 14.4 Å². The molecule has 0 aromatic heterocycles. The number of rotatable bonds is 13. The predicted molar refractivity (Wildman–Crippen MR) is 159 cm³/mol. The lowest BCUT2D eigenvalue weighted by Crippen LogP contribution is -2.54. The van der Waals surface area contributed by atoms with Crippen LogP contribution in [0.25, 0.3) is 0 Å². The lowest BCUT2D eigenvalue weighted by atomic mass is 10.0. The van der Waals surface area contributed by atoms with Crippen molar-refractivity contribution in [3.8, 4) is 5.75 Å². The maximum absolute atomic E-state index is 14.1. The summed E-state index contributed by atoms with van der Waals surface area (Å²) in [5.74, 6) is -0.315. The third-order valence-corrected chi connectivity index (χ3v) is 7.91. The third-order valence-electron chi connectivity index (χ3n) is 6.77. The fourth-order valence-corrected chi connectivity index (χ4v) is 5.11. The Labute approximate surface area is 238 Å². The summed E-state index contributed by atoms with van der Waals surface area (Å²) in [6.45, 7) is 5.53. The Kier molecular flexibility index (Phi) is 10.7. The summed E-state index contributed by atoms with van der Waals surface area (Å²) in [4.78, 5) is 29.3. The van der Waals surface area contributed by atoms with Crippen molar-refractivity contribution >= 4 is 27.5 Å². The smallest absolute Gasteiger partial charge is 0.244 e. The minimum atomic E-state index is -3.85. The standard InChI is InChI=1S/C31H39N3O5S/c1-6-24(3)32-31(36)29(19-25-11-8-7-9-12-25)33(21-26-17-15-23(2)16-18-26)30(35)22-34(40(5,37)38)27-13-10-14-28(20-27)39-4/h7-18,20,24,29H,6,19,21-22H2,1-5H3,(H,32,36)/t24-,29+/m0/s1. The largest absolute Gasteiger partial charge is 0.497 e. The summed E-state index contributed by atoms with van der Waals surface area (Å²) in [6.07, 6.45) is 2.06. The first-order chi connectivity index (χ1) is 19.0. The second-order valence-electron chi connectivity index (χ2n) is 10.0. The number of sulfonamides is 1. The number of hydrogen-bond donors (Lipinski definition) is 1. The van der Waals surface area contributed by atoms with E-state index in [4.69, 9.17) is 4.74 Å². The van der Waals surface area contributed by atoms with Gasteiger partial charge in [0, 0.05) is 25.1 Å². The summed E-state index contributed by atoms with van der Waals surface area (Å²) in [5.41, 5.74) is 3.09. The second-order valence-corrected chi connectivity index (χ2v) is 11.9. The lowest BCUT2D eigenvalue weighted by Gasteiger charge is -2.34. The van der Waals surface area contributed by atoms with Crippen LogP contribution in [0.5, 0.6) is 5.75 Å². The Morgan fingerprint density at radius 1 is 0.950 bits per heavy atom. The van der Waals surface area contributed by atoms with Crippen LogP contribution in [0.3, 0.4) is 0 Å². The summed E-state index contributed by atoms with van der Waals surface area (Å²) in [5, 5.41) is 3.03. The van der Waals surface area contributed by atoms with Crippen LogP contribution in [-0.4, -0.2) is 57.1 Å². The normalized spacial score (nSPS) is 12.7. The number of benzene rings is 3. The molecule has 0 spiro atoms. The molecule has 0 heterocycles. The number of nitrogens with one attached hydrogen (secondary N) is 1. The first-order valence-corrected chi connectivity index (χ1v) is 15.2. The van der Waals surface area contributed by atoms with Gasteiger partial charge in [0.05, 0.1) is 19.1 Å².